The minimum absolute atomic E-state index is 0.0131. The van der Waals surface area contributed by atoms with Crippen LogP contribution in [0.2, 0.25) is 0 Å². The highest BCUT2D eigenvalue weighted by Gasteiger charge is 2.51. The van der Waals surface area contributed by atoms with Crippen molar-refractivity contribution in [2.45, 2.75) is 107 Å². The summed E-state index contributed by atoms with van der Waals surface area (Å²) in [5.41, 5.74) is 5.23. The zero-order valence-electron chi connectivity index (χ0n) is 67.2. The molecule has 117 heavy (non-hydrogen) atoms. The Morgan fingerprint density at radius 2 is 0.744 bits per heavy atom. The summed E-state index contributed by atoms with van der Waals surface area (Å²) >= 11 is 4.60. The highest BCUT2D eigenvalue weighted by atomic mass is 79.9. The molecule has 1 aliphatic heterocycles. The fourth-order valence-electron chi connectivity index (χ4n) is 8.34. The van der Waals surface area contributed by atoms with Crippen molar-refractivity contribution in [3.63, 3.8) is 0 Å². The van der Waals surface area contributed by atoms with E-state index in [0.717, 1.165) is 14.4 Å². The quantitative estimate of drug-likeness (QED) is 0.0139. The topological polar surface area (TPSA) is 410 Å². The molecule has 30 nitrogen and oxygen atoms in total. The second-order valence-electron chi connectivity index (χ2n) is 26.3. The van der Waals surface area contributed by atoms with Gasteiger partial charge in [0, 0.05) is 63.0 Å². The number of nitrogens with two attached hydrogens (primary N) is 1. The lowest BCUT2D eigenvalue weighted by molar-refractivity contribution is -0.154. The number of carbonyl (C=O) groups is 1. The summed E-state index contributed by atoms with van der Waals surface area (Å²) in [6, 6.07) is 36.5. The summed E-state index contributed by atoms with van der Waals surface area (Å²) in [5, 5.41) is 9.03. The van der Waals surface area contributed by atoms with Crippen LogP contribution in [0.15, 0.2) is 208 Å². The van der Waals surface area contributed by atoms with Gasteiger partial charge in [0.2, 0.25) is 49.2 Å². The molecular weight excluding hydrogens is 1790 g/mol. The van der Waals surface area contributed by atoms with Gasteiger partial charge in [-0.15, -0.1) is 0 Å². The third kappa shape index (κ3) is 43.3. The highest BCUT2D eigenvalue weighted by molar-refractivity contribution is 9.10. The van der Waals surface area contributed by atoms with Crippen LogP contribution < -0.4 is 20.7 Å². The van der Waals surface area contributed by atoms with Crippen LogP contribution in [0.5, 0.6) is 17.2 Å². The number of benzene rings is 6. The van der Waals surface area contributed by atoms with Crippen molar-refractivity contribution in [2.75, 3.05) is 151 Å². The number of methoxy groups -OCH3 is 5. The highest BCUT2D eigenvalue weighted by Crippen LogP contribution is 2.37. The standard InChI is InChI=1S/C20H29FO7S.C16H25BO6S.C14H20FNO5S.C10H13BrO4S.C10H14O5S.C6H5BrO2S/c1-20(2,3)28-19(22)10-5-16(13-21)14-27-17-6-8-18(9-7-17)29(23,24)15-26-12-11-25-4;1-15(2)16(3,4)23-17(22-15)13-6-8-14(9-7-13)24(18,19)12-21-11-10-20-5;1-19-6-7-20-11-22(17,18)14-4-2-13(3-5-14)21-10-12(8-15)9-16;2*1-14-6-7-15-8-16(12,13)10-4-2-9(11)3-5-10;7-5-1-3-6(4-2-5)10(8)9/h6-9,13H,5,10-12,14-15H2,1-4H3;6-9H,10-12H2,1-5H3;2-5,8H,6-7,9-11,16H2,1H3;2-5H,6-8H2,1H3;2-5,11H,6-8H2,1H3;1-4H,(H,8,9)/b16-13+;;12-8+;;;. The maximum absolute atomic E-state index is 13.0. The number of hydrogen-bond acceptors (Lipinski definition) is 29. The predicted molar refractivity (Wildman–Crippen MR) is 443 cm³/mol. The van der Waals surface area contributed by atoms with Crippen molar-refractivity contribution in [1.82, 2.24) is 0 Å². The second-order valence-corrected chi connectivity index (χ2v) is 38.8. The molecule has 0 saturated carbocycles. The van der Waals surface area contributed by atoms with Gasteiger partial charge < -0.3 is 86.3 Å². The summed E-state index contributed by atoms with van der Waals surface area (Å²) < 4.78 is 242. The zero-order valence-corrected chi connectivity index (χ0v) is 75.3. The molecule has 6 aromatic carbocycles. The number of rotatable bonds is 42. The predicted octanol–water partition coefficient (Wildman–Crippen LogP) is 10.7. The van der Waals surface area contributed by atoms with Gasteiger partial charge in [-0.25, -0.2) is 55.1 Å². The van der Waals surface area contributed by atoms with E-state index in [9.17, 15) is 59.9 Å². The van der Waals surface area contributed by atoms with E-state index >= 15 is 0 Å². The third-order valence-corrected chi connectivity index (χ3v) is 24.4. The Hall–Kier alpha value is -6.11. The molecule has 1 heterocycles. The van der Waals surface area contributed by atoms with E-state index < -0.39 is 102 Å². The molecule has 41 heteroatoms. The molecule has 1 aliphatic rings. The average Bonchev–Trinajstić information content (AvgIpc) is 1.62. The zero-order chi connectivity index (χ0) is 87.9. The number of aromatic hydroxyl groups is 1. The van der Waals surface area contributed by atoms with Crippen LogP contribution in [-0.4, -0.2) is 237 Å². The van der Waals surface area contributed by atoms with Gasteiger partial charge in [-0.1, -0.05) is 44.0 Å². The van der Waals surface area contributed by atoms with Crippen LogP contribution in [0, 0.1) is 0 Å². The summed E-state index contributed by atoms with van der Waals surface area (Å²) in [4.78, 5) is 12.9. The molecule has 0 aromatic heterocycles. The fraction of sp³-hybridized carbons (Fsp3) is 0.461. The number of halogens is 4. The molecule has 1 saturated heterocycles. The first kappa shape index (κ1) is 107. The normalized spacial score (nSPS) is 13.8. The molecule has 4 N–H and O–H groups in total. The van der Waals surface area contributed by atoms with Gasteiger partial charge >= 0.3 is 13.1 Å². The van der Waals surface area contributed by atoms with E-state index in [4.69, 9.17) is 86.3 Å². The molecular formula is C76H106BBr2F2NO29S6. The molecule has 0 aliphatic carbocycles. The van der Waals surface area contributed by atoms with E-state index in [1.807, 2.05) is 27.7 Å². The van der Waals surface area contributed by atoms with E-state index in [1.165, 1.54) is 108 Å². The molecule has 656 valence electrons. The van der Waals surface area contributed by atoms with Crippen LogP contribution in [0.25, 0.3) is 0 Å². The monoisotopic (exact) mass is 1900 g/mol. The average molecular weight is 1900 g/mol. The Labute approximate surface area is 705 Å². The lowest BCUT2D eigenvalue weighted by Crippen LogP contribution is -2.41. The molecule has 1 unspecified atom stereocenters. The van der Waals surface area contributed by atoms with Crippen molar-refractivity contribution < 1.29 is 140 Å². The second kappa shape index (κ2) is 55.0. The Morgan fingerprint density at radius 3 is 1.03 bits per heavy atom. The minimum atomic E-state index is -3.58. The van der Waals surface area contributed by atoms with Crippen LogP contribution in [0.3, 0.4) is 0 Å². The molecule has 0 bridgehead atoms. The first-order chi connectivity index (χ1) is 55.0. The van der Waals surface area contributed by atoms with Crippen LogP contribution in [0.4, 0.5) is 8.78 Å². The van der Waals surface area contributed by atoms with Crippen molar-refractivity contribution in [1.29, 1.82) is 0 Å². The SMILES string of the molecule is COCCOCS(=O)(=O)c1ccc(B2OC(C)(C)C(C)(C)O2)cc1.COCCOCS(=O)(=O)c1ccc(Br)cc1.COCCOCS(=O)(=O)c1ccc(O)cc1.COCCOCS(=O)(=O)c1ccc(OC/C(=C/F)CCC(=O)OC(C)(C)C)cc1.COCCOCS(=O)(=O)c1ccc(OC/C(=C/F)CN)cc1.O=S(O)c1ccc(Br)cc1. The van der Waals surface area contributed by atoms with Crippen molar-refractivity contribution >= 4 is 111 Å². The largest absolute Gasteiger partial charge is 0.508 e. The van der Waals surface area contributed by atoms with E-state index in [1.54, 1.807) is 93.6 Å². The van der Waals surface area contributed by atoms with Gasteiger partial charge in [-0.2, -0.15) is 0 Å². The molecule has 0 spiro atoms. The number of hydrogen-bond donors (Lipinski definition) is 3. The molecule has 1 fully saturated rings. The number of phenolic OH excluding ortho intramolecular Hbond substituents is 1. The van der Waals surface area contributed by atoms with Gasteiger partial charge in [0.05, 0.1) is 119 Å². The Bertz CT molecular complexity index is 4440. The number of carbonyl (C=O) groups excluding carboxylic acids is 1. The molecule has 0 radical (unpaired) electrons. The van der Waals surface area contributed by atoms with E-state index in [-0.39, 0.29) is 114 Å². The lowest BCUT2D eigenvalue weighted by Gasteiger charge is -2.32. The Morgan fingerprint density at radius 1 is 0.462 bits per heavy atom. The van der Waals surface area contributed by atoms with Crippen LogP contribution in [-0.2, 0) is 126 Å². The van der Waals surface area contributed by atoms with Gasteiger partial charge in [-0.05, 0) is 199 Å². The van der Waals surface area contributed by atoms with Gasteiger partial charge in [-0.3, -0.25) is 4.79 Å². The van der Waals surface area contributed by atoms with E-state index in [2.05, 4.69) is 31.9 Å². The summed E-state index contributed by atoms with van der Waals surface area (Å²) in [7, 11) is -10.3. The molecule has 1 atom stereocenters. The minimum Gasteiger partial charge on any atom is -0.508 e. The smallest absolute Gasteiger partial charge is 0.494 e. The van der Waals surface area contributed by atoms with Crippen molar-refractivity contribution in [3.05, 3.63) is 178 Å². The summed E-state index contributed by atoms with van der Waals surface area (Å²) in [6.07, 6.45) is 1.00. The molecule has 0 amide bonds. The Balaban J connectivity index is 0.000000488. The third-order valence-electron chi connectivity index (χ3n) is 15.4. The summed E-state index contributed by atoms with van der Waals surface area (Å²) in [6.45, 7) is 16.0. The van der Waals surface area contributed by atoms with Crippen LogP contribution >= 0.6 is 31.9 Å². The van der Waals surface area contributed by atoms with Gasteiger partial charge in [0.15, 0.2) is 40.8 Å². The fourth-order valence-corrected chi connectivity index (χ4v) is 14.4. The summed E-state index contributed by atoms with van der Waals surface area (Å²) in [5.74, 6) is -1.54. The van der Waals surface area contributed by atoms with Crippen molar-refractivity contribution in [3.8, 4) is 17.2 Å². The first-order valence-electron chi connectivity index (χ1n) is 35.3. The maximum atomic E-state index is 13.0. The first-order valence-corrected chi connectivity index (χ1v) is 46.2. The number of ether oxygens (including phenoxy) is 13. The van der Waals surface area contributed by atoms with E-state index in [0.29, 0.717) is 73.2 Å². The lowest BCUT2D eigenvalue weighted by atomic mass is 9.79. The van der Waals surface area contributed by atoms with Gasteiger partial charge in [0.25, 0.3) is 0 Å². The molecule has 7 rings (SSSR count). The van der Waals surface area contributed by atoms with Crippen LogP contribution in [0.1, 0.15) is 61.3 Å². The van der Waals surface area contributed by atoms with Crippen molar-refractivity contribution in [2.24, 2.45) is 5.73 Å². The number of phenols is 1. The maximum Gasteiger partial charge on any atom is 0.494 e. The van der Waals surface area contributed by atoms with Gasteiger partial charge in [0.1, 0.15) is 36.1 Å². The Kier molecular flexibility index (Phi) is 50.3. The molecule has 6 aromatic rings. The number of esters is 1. The number of sulfone groups is 5.